The summed E-state index contributed by atoms with van der Waals surface area (Å²) in [6.45, 7) is 6.95. The fourth-order valence-corrected chi connectivity index (χ4v) is 4.06. The van der Waals surface area contributed by atoms with Crippen molar-refractivity contribution in [2.75, 3.05) is 25.9 Å². The fraction of sp³-hybridized carbons (Fsp3) is 0.421. The average Bonchev–Trinajstić information content (AvgIpc) is 2.91. The van der Waals surface area contributed by atoms with Crippen LogP contribution in [-0.4, -0.2) is 31.1 Å². The summed E-state index contributed by atoms with van der Waals surface area (Å²) in [6, 6.07) is 6.14. The van der Waals surface area contributed by atoms with Crippen LogP contribution in [0.5, 0.6) is 0 Å². The maximum Gasteiger partial charge on any atom is 0.341 e. The second-order valence-electron chi connectivity index (χ2n) is 5.91. The molecule has 0 saturated carbocycles. The van der Waals surface area contributed by atoms with Crippen LogP contribution in [0.3, 0.4) is 0 Å². The van der Waals surface area contributed by atoms with Gasteiger partial charge in [0.1, 0.15) is 16.4 Å². The molecule has 0 amide bonds. The summed E-state index contributed by atoms with van der Waals surface area (Å²) in [4.78, 5) is 15.6. The average molecular weight is 364 g/mol. The molecule has 25 heavy (non-hydrogen) atoms. The number of esters is 1. The number of nitrogens with zero attached hydrogens (tertiary/aromatic N) is 1. The molecule has 0 radical (unpaired) electrons. The molecule has 6 heteroatoms. The van der Waals surface area contributed by atoms with Gasteiger partial charge in [0.2, 0.25) is 0 Å². The van der Waals surface area contributed by atoms with Gasteiger partial charge in [0.05, 0.1) is 7.11 Å². The van der Waals surface area contributed by atoms with Gasteiger partial charge in [0.15, 0.2) is 0 Å². The molecule has 0 fully saturated rings. The summed E-state index contributed by atoms with van der Waals surface area (Å²) in [5, 5.41) is 0.439. The van der Waals surface area contributed by atoms with Crippen molar-refractivity contribution in [1.29, 1.82) is 0 Å². The Hall–Kier alpha value is -1.92. The third-order valence-electron chi connectivity index (χ3n) is 3.98. The van der Waals surface area contributed by atoms with Gasteiger partial charge >= 0.3 is 5.97 Å². The molecule has 2 N–H and O–H groups in total. The van der Waals surface area contributed by atoms with Crippen LogP contribution >= 0.6 is 11.3 Å². The first-order chi connectivity index (χ1) is 12.0. The minimum atomic E-state index is -0.461. The van der Waals surface area contributed by atoms with Crippen LogP contribution < -0.4 is 5.73 Å². The third-order valence-corrected chi connectivity index (χ3v) is 4.98. The number of rotatable bonds is 8. The monoisotopic (exact) mass is 364 g/mol. The lowest BCUT2D eigenvalue weighted by molar-refractivity contribution is 0.0603. The van der Waals surface area contributed by atoms with Crippen molar-refractivity contribution in [2.45, 2.75) is 33.2 Å². The van der Waals surface area contributed by atoms with E-state index >= 15 is 0 Å². The van der Waals surface area contributed by atoms with Crippen LogP contribution in [0, 0.1) is 5.82 Å². The minimum Gasteiger partial charge on any atom is -0.465 e. The van der Waals surface area contributed by atoms with Gasteiger partial charge in [-0.15, -0.1) is 11.3 Å². The van der Waals surface area contributed by atoms with Crippen LogP contribution in [0.2, 0.25) is 0 Å². The van der Waals surface area contributed by atoms with E-state index in [1.807, 2.05) is 0 Å². The van der Waals surface area contributed by atoms with Gasteiger partial charge in [0.25, 0.3) is 0 Å². The molecule has 2 rings (SSSR count). The van der Waals surface area contributed by atoms with Crippen molar-refractivity contribution >= 4 is 22.3 Å². The lowest BCUT2D eigenvalue weighted by atomic mass is 10.0. The number of ether oxygens (including phenoxy) is 1. The van der Waals surface area contributed by atoms with Gasteiger partial charge in [-0.1, -0.05) is 26.0 Å². The highest BCUT2D eigenvalue weighted by Crippen LogP contribution is 2.40. The molecule has 0 atom stereocenters. The maximum atomic E-state index is 13.3. The summed E-state index contributed by atoms with van der Waals surface area (Å²) < 4.78 is 18.2. The van der Waals surface area contributed by atoms with E-state index in [-0.39, 0.29) is 5.82 Å². The molecule has 0 bridgehead atoms. The smallest absolute Gasteiger partial charge is 0.341 e. The highest BCUT2D eigenvalue weighted by atomic mass is 32.1. The number of halogens is 1. The van der Waals surface area contributed by atoms with Crippen molar-refractivity contribution < 1.29 is 13.9 Å². The summed E-state index contributed by atoms with van der Waals surface area (Å²) in [6.07, 6.45) is 2.10. The van der Waals surface area contributed by atoms with Gasteiger partial charge in [0, 0.05) is 17.0 Å². The number of carbonyl (C=O) groups is 1. The molecule has 2 aromatic rings. The van der Waals surface area contributed by atoms with Crippen LogP contribution in [0.1, 0.15) is 41.9 Å². The minimum absolute atomic E-state index is 0.313. The van der Waals surface area contributed by atoms with Crippen molar-refractivity contribution in [1.82, 2.24) is 4.90 Å². The fourth-order valence-electron chi connectivity index (χ4n) is 2.94. The first-order valence-electron chi connectivity index (χ1n) is 8.49. The Morgan fingerprint density at radius 1 is 1.20 bits per heavy atom. The predicted octanol–water partition coefficient (Wildman–Crippen LogP) is 4.55. The highest BCUT2D eigenvalue weighted by Gasteiger charge is 2.25. The Balaban J connectivity index is 2.51. The number of hydrogen-bond acceptors (Lipinski definition) is 5. The zero-order valence-corrected chi connectivity index (χ0v) is 15.8. The number of carbonyl (C=O) groups excluding carboxylic acids is 1. The van der Waals surface area contributed by atoms with E-state index in [4.69, 9.17) is 10.5 Å². The molecule has 0 aliphatic heterocycles. The van der Waals surface area contributed by atoms with Crippen molar-refractivity contribution in [2.24, 2.45) is 0 Å². The Kier molecular flexibility index (Phi) is 6.96. The van der Waals surface area contributed by atoms with Crippen LogP contribution in [0.15, 0.2) is 24.3 Å². The summed E-state index contributed by atoms with van der Waals surface area (Å²) >= 11 is 1.41. The molecule has 0 spiro atoms. The number of methoxy groups -OCH3 is 1. The van der Waals surface area contributed by atoms with Gasteiger partial charge < -0.3 is 10.5 Å². The van der Waals surface area contributed by atoms with E-state index in [1.165, 1.54) is 30.6 Å². The molecule has 0 saturated heterocycles. The summed E-state index contributed by atoms with van der Waals surface area (Å²) in [5.41, 5.74) is 8.04. The number of nitrogens with two attached hydrogens (primary N) is 1. The Labute approximate surface area is 152 Å². The van der Waals surface area contributed by atoms with E-state index in [0.717, 1.165) is 41.9 Å². The first-order valence-corrected chi connectivity index (χ1v) is 9.31. The second-order valence-corrected chi connectivity index (χ2v) is 7.05. The third kappa shape index (κ3) is 4.58. The number of benzene rings is 1. The van der Waals surface area contributed by atoms with Gasteiger partial charge in [-0.3, -0.25) is 4.90 Å². The van der Waals surface area contributed by atoms with Crippen LogP contribution in [-0.2, 0) is 11.3 Å². The number of thiophene rings is 1. The van der Waals surface area contributed by atoms with E-state index in [1.54, 1.807) is 12.1 Å². The summed E-state index contributed by atoms with van der Waals surface area (Å²) in [7, 11) is 1.34. The maximum absolute atomic E-state index is 13.3. The zero-order valence-electron chi connectivity index (χ0n) is 15.0. The Bertz CT molecular complexity index is 707. The number of nitrogen functional groups attached to an aromatic ring is 1. The Morgan fingerprint density at radius 3 is 2.32 bits per heavy atom. The van der Waals surface area contributed by atoms with Crippen molar-refractivity contribution in [3.8, 4) is 11.1 Å². The lowest BCUT2D eigenvalue weighted by Gasteiger charge is -2.21. The molecule has 4 nitrogen and oxygen atoms in total. The molecular formula is C19H25FN2O2S. The standard InChI is InChI=1S/C19H25FN2O2S/c1-4-10-22(11-5-2)12-15-16(13-6-8-14(20)9-7-13)17(18(21)25-15)19(23)24-3/h6-9H,4-5,10-12,21H2,1-3H3. The topological polar surface area (TPSA) is 55.6 Å². The quantitative estimate of drug-likeness (QED) is 0.699. The van der Waals surface area contributed by atoms with E-state index in [0.29, 0.717) is 17.1 Å². The van der Waals surface area contributed by atoms with Crippen LogP contribution in [0.4, 0.5) is 9.39 Å². The zero-order chi connectivity index (χ0) is 18.4. The molecule has 0 unspecified atom stereocenters. The van der Waals surface area contributed by atoms with E-state index < -0.39 is 5.97 Å². The predicted molar refractivity (Wildman–Crippen MR) is 101 cm³/mol. The number of anilines is 1. The van der Waals surface area contributed by atoms with E-state index in [2.05, 4.69) is 18.7 Å². The largest absolute Gasteiger partial charge is 0.465 e. The van der Waals surface area contributed by atoms with Crippen LogP contribution in [0.25, 0.3) is 11.1 Å². The van der Waals surface area contributed by atoms with E-state index in [9.17, 15) is 9.18 Å². The Morgan fingerprint density at radius 2 is 1.80 bits per heavy atom. The molecule has 1 aromatic carbocycles. The van der Waals surface area contributed by atoms with Gasteiger partial charge in [-0.25, -0.2) is 9.18 Å². The normalized spacial score (nSPS) is 11.1. The van der Waals surface area contributed by atoms with Crippen molar-refractivity contribution in [3.05, 3.63) is 40.5 Å². The van der Waals surface area contributed by atoms with Crippen molar-refractivity contribution in [3.63, 3.8) is 0 Å². The first kappa shape index (κ1) is 19.4. The molecule has 1 aromatic heterocycles. The number of hydrogen-bond donors (Lipinski definition) is 1. The molecule has 1 heterocycles. The lowest BCUT2D eigenvalue weighted by Crippen LogP contribution is -2.24. The molecular weight excluding hydrogens is 339 g/mol. The van der Waals surface area contributed by atoms with Gasteiger partial charge in [-0.2, -0.15) is 0 Å². The highest BCUT2D eigenvalue weighted by molar-refractivity contribution is 7.17. The summed E-state index contributed by atoms with van der Waals surface area (Å²) in [5.74, 6) is -0.774. The molecule has 0 aliphatic rings. The second kappa shape index (κ2) is 8.97. The van der Waals surface area contributed by atoms with Gasteiger partial charge in [-0.05, 0) is 43.6 Å². The molecule has 136 valence electrons. The SMILES string of the molecule is CCCN(CCC)Cc1sc(N)c(C(=O)OC)c1-c1ccc(F)cc1. The molecule has 0 aliphatic carbocycles.